The Morgan fingerprint density at radius 2 is 1.81 bits per heavy atom. The lowest BCUT2D eigenvalue weighted by molar-refractivity contribution is -0.138. The van der Waals surface area contributed by atoms with Crippen molar-refractivity contribution in [2.24, 2.45) is 0 Å². The molecular weight excluding hydrogens is 272 g/mol. The molecule has 0 atom stereocenters. The molecule has 6 heteroatoms. The third-order valence-electron chi connectivity index (χ3n) is 2.77. The predicted octanol–water partition coefficient (Wildman–Crippen LogP) is 1.09. The summed E-state index contributed by atoms with van der Waals surface area (Å²) in [6, 6.07) is 7.57. The molecule has 0 aliphatic heterocycles. The normalized spacial score (nSPS) is 10.9. The van der Waals surface area contributed by atoms with Crippen LogP contribution in [0.25, 0.3) is 0 Å². The van der Waals surface area contributed by atoms with Gasteiger partial charge in [0.2, 0.25) is 0 Å². The molecule has 0 radical (unpaired) electrons. The zero-order valence-corrected chi connectivity index (χ0v) is 12.4. The maximum absolute atomic E-state index is 11.6. The molecule has 0 spiro atoms. The van der Waals surface area contributed by atoms with Gasteiger partial charge < -0.3 is 20.1 Å². The van der Waals surface area contributed by atoms with Crippen molar-refractivity contribution in [2.45, 2.75) is 6.42 Å². The standard InChI is InChI=1S/C15H20N2O4/c1-16-9-8-11-4-6-12(7-5-11)17-13(15(19)21-3)10-14(18)20-2/h4-7,10,16-17H,8-9H2,1-3H3/b13-10+. The molecule has 0 saturated carbocycles. The highest BCUT2D eigenvalue weighted by Crippen LogP contribution is 2.13. The van der Waals surface area contributed by atoms with Crippen LogP contribution in [0.3, 0.4) is 0 Å². The van der Waals surface area contributed by atoms with Gasteiger partial charge in [-0.15, -0.1) is 0 Å². The van der Waals surface area contributed by atoms with E-state index in [0.717, 1.165) is 19.0 Å². The summed E-state index contributed by atoms with van der Waals surface area (Å²) in [7, 11) is 4.39. The summed E-state index contributed by atoms with van der Waals surface area (Å²) >= 11 is 0. The lowest BCUT2D eigenvalue weighted by atomic mass is 10.1. The van der Waals surface area contributed by atoms with Crippen molar-refractivity contribution in [3.63, 3.8) is 0 Å². The highest BCUT2D eigenvalue weighted by molar-refractivity contribution is 5.98. The molecule has 0 fully saturated rings. The smallest absolute Gasteiger partial charge is 0.354 e. The molecule has 21 heavy (non-hydrogen) atoms. The fraction of sp³-hybridized carbons (Fsp3) is 0.333. The predicted molar refractivity (Wildman–Crippen MR) is 79.8 cm³/mol. The molecule has 6 nitrogen and oxygen atoms in total. The Morgan fingerprint density at radius 3 is 2.33 bits per heavy atom. The van der Waals surface area contributed by atoms with Crippen molar-refractivity contribution < 1.29 is 19.1 Å². The summed E-state index contributed by atoms with van der Waals surface area (Å²) in [6.07, 6.45) is 1.97. The fourth-order valence-corrected chi connectivity index (χ4v) is 1.61. The second kappa shape index (κ2) is 8.76. The fourth-order valence-electron chi connectivity index (χ4n) is 1.61. The Hall–Kier alpha value is -2.34. The molecule has 0 heterocycles. The van der Waals surface area contributed by atoms with Crippen molar-refractivity contribution in [2.75, 3.05) is 33.1 Å². The topological polar surface area (TPSA) is 76.7 Å². The number of anilines is 1. The van der Waals surface area contributed by atoms with E-state index in [1.165, 1.54) is 19.8 Å². The van der Waals surface area contributed by atoms with Gasteiger partial charge in [-0.3, -0.25) is 0 Å². The minimum Gasteiger partial charge on any atom is -0.466 e. The van der Waals surface area contributed by atoms with Crippen molar-refractivity contribution in [3.8, 4) is 0 Å². The van der Waals surface area contributed by atoms with Gasteiger partial charge in [0.1, 0.15) is 5.70 Å². The lowest BCUT2D eigenvalue weighted by Crippen LogP contribution is -2.15. The van der Waals surface area contributed by atoms with Crippen molar-refractivity contribution in [3.05, 3.63) is 41.6 Å². The Balaban J connectivity index is 2.81. The number of rotatable bonds is 7. The van der Waals surface area contributed by atoms with E-state index in [1.807, 2.05) is 31.3 Å². The van der Waals surface area contributed by atoms with E-state index in [9.17, 15) is 9.59 Å². The van der Waals surface area contributed by atoms with Gasteiger partial charge in [-0.05, 0) is 37.7 Å². The summed E-state index contributed by atoms with van der Waals surface area (Å²) in [5.74, 6) is -1.27. The summed E-state index contributed by atoms with van der Waals surface area (Å²) in [4.78, 5) is 22.9. The zero-order valence-electron chi connectivity index (χ0n) is 12.4. The molecule has 2 N–H and O–H groups in total. The number of benzene rings is 1. The van der Waals surface area contributed by atoms with E-state index in [4.69, 9.17) is 0 Å². The van der Waals surface area contributed by atoms with E-state index in [0.29, 0.717) is 5.69 Å². The van der Waals surface area contributed by atoms with Crippen LogP contribution in [0.15, 0.2) is 36.0 Å². The van der Waals surface area contributed by atoms with E-state index in [1.54, 1.807) is 0 Å². The van der Waals surface area contributed by atoms with Gasteiger partial charge in [0, 0.05) is 5.69 Å². The average Bonchev–Trinajstić information content (AvgIpc) is 2.52. The second-order valence-electron chi connectivity index (χ2n) is 4.25. The first kappa shape index (κ1) is 16.7. The second-order valence-corrected chi connectivity index (χ2v) is 4.25. The molecule has 0 aromatic heterocycles. The van der Waals surface area contributed by atoms with Gasteiger partial charge in [0.05, 0.1) is 20.3 Å². The Bertz CT molecular complexity index is 509. The van der Waals surface area contributed by atoms with Gasteiger partial charge in [-0.2, -0.15) is 0 Å². The van der Waals surface area contributed by atoms with Crippen LogP contribution in [0.4, 0.5) is 5.69 Å². The van der Waals surface area contributed by atoms with Crippen molar-refractivity contribution in [1.82, 2.24) is 5.32 Å². The van der Waals surface area contributed by atoms with Crippen LogP contribution >= 0.6 is 0 Å². The molecule has 114 valence electrons. The van der Waals surface area contributed by atoms with Crippen LogP contribution in [0, 0.1) is 0 Å². The first-order chi connectivity index (χ1) is 10.1. The lowest BCUT2D eigenvalue weighted by Gasteiger charge is -2.09. The van der Waals surface area contributed by atoms with Crippen LogP contribution in [0.1, 0.15) is 5.56 Å². The molecule has 0 unspecified atom stereocenters. The van der Waals surface area contributed by atoms with E-state index in [-0.39, 0.29) is 5.70 Å². The third kappa shape index (κ3) is 5.66. The third-order valence-corrected chi connectivity index (χ3v) is 2.77. The van der Waals surface area contributed by atoms with Gasteiger partial charge in [0.25, 0.3) is 0 Å². The van der Waals surface area contributed by atoms with Crippen LogP contribution < -0.4 is 10.6 Å². The van der Waals surface area contributed by atoms with Crippen LogP contribution in [0.5, 0.6) is 0 Å². The number of likely N-dealkylation sites (N-methyl/N-ethyl adjacent to an activating group) is 1. The van der Waals surface area contributed by atoms with E-state index in [2.05, 4.69) is 20.1 Å². The van der Waals surface area contributed by atoms with Crippen LogP contribution in [-0.4, -0.2) is 39.8 Å². The van der Waals surface area contributed by atoms with E-state index >= 15 is 0 Å². The summed E-state index contributed by atoms with van der Waals surface area (Å²) in [6.45, 7) is 0.891. The Labute approximate surface area is 124 Å². The molecule has 1 aromatic rings. The monoisotopic (exact) mass is 292 g/mol. The summed E-state index contributed by atoms with van der Waals surface area (Å²) in [5, 5.41) is 5.92. The number of esters is 2. The summed E-state index contributed by atoms with van der Waals surface area (Å²) < 4.78 is 9.13. The largest absolute Gasteiger partial charge is 0.466 e. The van der Waals surface area contributed by atoms with Gasteiger partial charge in [0.15, 0.2) is 0 Å². The van der Waals surface area contributed by atoms with Crippen molar-refractivity contribution in [1.29, 1.82) is 0 Å². The van der Waals surface area contributed by atoms with Gasteiger partial charge >= 0.3 is 11.9 Å². The maximum atomic E-state index is 11.6. The number of methoxy groups -OCH3 is 2. The van der Waals surface area contributed by atoms with Gasteiger partial charge in [-0.1, -0.05) is 12.1 Å². The van der Waals surface area contributed by atoms with E-state index < -0.39 is 11.9 Å². The molecule has 0 bridgehead atoms. The molecule has 1 rings (SSSR count). The average molecular weight is 292 g/mol. The SMILES string of the molecule is CNCCc1ccc(N/C(=C/C(=O)OC)C(=O)OC)cc1. The van der Waals surface area contributed by atoms with Gasteiger partial charge in [-0.25, -0.2) is 9.59 Å². The molecular formula is C15H20N2O4. The molecule has 0 saturated heterocycles. The highest BCUT2D eigenvalue weighted by atomic mass is 16.5. The quantitative estimate of drug-likeness (QED) is 0.579. The first-order valence-electron chi connectivity index (χ1n) is 6.49. The minimum atomic E-state index is -0.639. The van der Waals surface area contributed by atoms with Crippen molar-refractivity contribution >= 4 is 17.6 Å². The number of hydrogen-bond acceptors (Lipinski definition) is 6. The number of ether oxygens (including phenoxy) is 2. The first-order valence-corrected chi connectivity index (χ1v) is 6.49. The summed E-state index contributed by atoms with van der Waals surface area (Å²) in [5.41, 5.74) is 1.88. The Kier molecular flexibility index (Phi) is 6.97. The zero-order chi connectivity index (χ0) is 15.7. The molecule has 0 aliphatic carbocycles. The molecule has 1 aromatic carbocycles. The Morgan fingerprint density at radius 1 is 1.14 bits per heavy atom. The maximum Gasteiger partial charge on any atom is 0.354 e. The van der Waals surface area contributed by atoms with Crippen LogP contribution in [0.2, 0.25) is 0 Å². The number of hydrogen-bond donors (Lipinski definition) is 2. The molecule has 0 amide bonds. The molecule has 0 aliphatic rings. The number of carbonyl (C=O) groups excluding carboxylic acids is 2. The highest BCUT2D eigenvalue weighted by Gasteiger charge is 2.12. The number of nitrogens with one attached hydrogen (secondary N) is 2. The number of carbonyl (C=O) groups is 2. The minimum absolute atomic E-state index is 0.0207. The van der Waals surface area contributed by atoms with Crippen LogP contribution in [-0.2, 0) is 25.5 Å².